The molecule has 0 saturated heterocycles. The smallest absolute Gasteiger partial charge is 0.358 e. The largest absolute Gasteiger partial charge is 0.465 e. The summed E-state index contributed by atoms with van der Waals surface area (Å²) >= 11 is 0. The lowest BCUT2D eigenvalue weighted by Crippen LogP contribution is -2.07. The molecule has 0 unspecified atom stereocenters. The zero-order valence-electron chi connectivity index (χ0n) is 11.0. The van der Waals surface area contributed by atoms with Crippen LogP contribution < -0.4 is 0 Å². The first kappa shape index (κ1) is 13.7. The third kappa shape index (κ3) is 3.00. The van der Waals surface area contributed by atoms with Crippen LogP contribution in [-0.2, 0) is 16.1 Å². The molecule has 104 valence electrons. The van der Waals surface area contributed by atoms with Crippen LogP contribution in [-0.4, -0.2) is 29.0 Å². The van der Waals surface area contributed by atoms with Crippen molar-refractivity contribution in [3.05, 3.63) is 47.4 Å². The minimum Gasteiger partial charge on any atom is -0.465 e. The van der Waals surface area contributed by atoms with Gasteiger partial charge >= 0.3 is 11.9 Å². The Morgan fingerprint density at radius 1 is 1.30 bits per heavy atom. The second kappa shape index (κ2) is 5.96. The molecule has 0 bridgehead atoms. The van der Waals surface area contributed by atoms with E-state index in [-0.39, 0.29) is 12.3 Å². The van der Waals surface area contributed by atoms with Gasteiger partial charge in [0.15, 0.2) is 5.69 Å². The summed E-state index contributed by atoms with van der Waals surface area (Å²) in [4.78, 5) is 30.6. The quantitative estimate of drug-likeness (QED) is 0.782. The average Bonchev–Trinajstić information content (AvgIpc) is 2.86. The Labute approximate surface area is 114 Å². The fourth-order valence-corrected chi connectivity index (χ4v) is 1.54. The lowest BCUT2D eigenvalue weighted by Gasteiger charge is -2.00. The van der Waals surface area contributed by atoms with E-state index in [4.69, 9.17) is 9.15 Å². The van der Waals surface area contributed by atoms with Crippen LogP contribution in [0.25, 0.3) is 0 Å². The van der Waals surface area contributed by atoms with E-state index in [0.717, 1.165) is 0 Å². The normalized spacial score (nSPS) is 10.1. The summed E-state index contributed by atoms with van der Waals surface area (Å²) in [7, 11) is 1.28. The Balaban J connectivity index is 2.01. The molecule has 2 aromatic heterocycles. The number of furan rings is 1. The van der Waals surface area contributed by atoms with E-state index in [9.17, 15) is 9.59 Å². The van der Waals surface area contributed by atoms with Crippen LogP contribution in [0.1, 0.15) is 32.4 Å². The van der Waals surface area contributed by atoms with Gasteiger partial charge in [-0.1, -0.05) is 0 Å². The predicted octanol–water partition coefficient (Wildman–Crippen LogP) is 1.52. The van der Waals surface area contributed by atoms with E-state index < -0.39 is 11.9 Å². The molecule has 0 atom stereocenters. The van der Waals surface area contributed by atoms with Crippen molar-refractivity contribution >= 4 is 11.9 Å². The number of carbonyl (C=O) groups excluding carboxylic acids is 2. The van der Waals surface area contributed by atoms with E-state index in [2.05, 4.69) is 14.7 Å². The lowest BCUT2D eigenvalue weighted by molar-refractivity contribution is 0.0436. The Morgan fingerprint density at radius 2 is 2.10 bits per heavy atom. The third-order valence-electron chi connectivity index (χ3n) is 2.49. The molecule has 0 amide bonds. The van der Waals surface area contributed by atoms with Crippen molar-refractivity contribution in [3.63, 3.8) is 0 Å². The van der Waals surface area contributed by atoms with Gasteiger partial charge in [0.05, 0.1) is 13.3 Å². The van der Waals surface area contributed by atoms with Crippen molar-refractivity contribution in [1.82, 2.24) is 9.97 Å². The van der Waals surface area contributed by atoms with Gasteiger partial charge in [0.1, 0.15) is 23.7 Å². The number of aromatic nitrogens is 2. The molecule has 0 aliphatic heterocycles. The highest BCUT2D eigenvalue weighted by atomic mass is 16.5. The highest BCUT2D eigenvalue weighted by Crippen LogP contribution is 2.16. The molecule has 20 heavy (non-hydrogen) atoms. The van der Waals surface area contributed by atoms with Gasteiger partial charge in [0, 0.05) is 12.4 Å². The Hall–Kier alpha value is -2.70. The summed E-state index contributed by atoms with van der Waals surface area (Å²) in [6, 6.07) is 1.48. The van der Waals surface area contributed by atoms with Crippen molar-refractivity contribution in [1.29, 1.82) is 0 Å². The van der Waals surface area contributed by atoms with E-state index in [1.54, 1.807) is 6.92 Å². The van der Waals surface area contributed by atoms with Crippen molar-refractivity contribution in [3.8, 4) is 0 Å². The number of ether oxygens (including phenoxy) is 2. The molecule has 0 fully saturated rings. The summed E-state index contributed by atoms with van der Waals surface area (Å²) in [5, 5.41) is 0. The molecule has 0 aromatic carbocycles. The first-order valence-electron chi connectivity index (χ1n) is 5.72. The van der Waals surface area contributed by atoms with Gasteiger partial charge in [0.25, 0.3) is 0 Å². The van der Waals surface area contributed by atoms with Crippen molar-refractivity contribution in [2.45, 2.75) is 13.5 Å². The molecular formula is C13H12N2O5. The van der Waals surface area contributed by atoms with Crippen molar-refractivity contribution < 1.29 is 23.5 Å². The standard InChI is InChI=1S/C13H12N2O5/c1-8-10(12(16)18-2)5-9(20-8)7-19-13(17)11-6-14-3-4-15-11/h3-6H,7H2,1-2H3. The summed E-state index contributed by atoms with van der Waals surface area (Å²) in [6.45, 7) is 1.52. The van der Waals surface area contributed by atoms with Gasteiger partial charge in [-0.2, -0.15) is 0 Å². The minimum absolute atomic E-state index is 0.101. The molecule has 0 saturated carbocycles. The van der Waals surface area contributed by atoms with Crippen LogP contribution in [0.2, 0.25) is 0 Å². The molecule has 2 aromatic rings. The summed E-state index contributed by atoms with van der Waals surface area (Å²) < 4.78 is 14.9. The molecule has 0 N–H and O–H groups in total. The summed E-state index contributed by atoms with van der Waals surface area (Å²) in [6.07, 6.45) is 4.15. The zero-order valence-corrected chi connectivity index (χ0v) is 11.0. The summed E-state index contributed by atoms with van der Waals surface area (Å²) in [5.41, 5.74) is 0.405. The molecule has 2 heterocycles. The maximum absolute atomic E-state index is 11.6. The van der Waals surface area contributed by atoms with Crippen LogP contribution in [0, 0.1) is 6.92 Å². The molecule has 0 aliphatic rings. The van der Waals surface area contributed by atoms with E-state index in [1.165, 1.54) is 31.8 Å². The highest BCUT2D eigenvalue weighted by Gasteiger charge is 2.17. The highest BCUT2D eigenvalue weighted by molar-refractivity contribution is 5.90. The van der Waals surface area contributed by atoms with Gasteiger partial charge in [-0.15, -0.1) is 0 Å². The molecule has 0 spiro atoms. The van der Waals surface area contributed by atoms with Crippen molar-refractivity contribution in [2.75, 3.05) is 7.11 Å². The van der Waals surface area contributed by atoms with Gasteiger partial charge < -0.3 is 13.9 Å². The average molecular weight is 276 g/mol. The lowest BCUT2D eigenvalue weighted by atomic mass is 10.2. The number of hydrogen-bond donors (Lipinski definition) is 0. The van der Waals surface area contributed by atoms with Crippen LogP contribution in [0.4, 0.5) is 0 Å². The fourth-order valence-electron chi connectivity index (χ4n) is 1.54. The Bertz CT molecular complexity index is 621. The number of esters is 2. The first-order valence-corrected chi connectivity index (χ1v) is 5.72. The Morgan fingerprint density at radius 3 is 2.75 bits per heavy atom. The third-order valence-corrected chi connectivity index (χ3v) is 2.49. The van der Waals surface area contributed by atoms with Crippen LogP contribution >= 0.6 is 0 Å². The topological polar surface area (TPSA) is 91.5 Å². The van der Waals surface area contributed by atoms with E-state index >= 15 is 0 Å². The second-order valence-electron chi connectivity index (χ2n) is 3.84. The second-order valence-corrected chi connectivity index (χ2v) is 3.84. The predicted molar refractivity (Wildman–Crippen MR) is 65.9 cm³/mol. The molecule has 7 heteroatoms. The number of rotatable bonds is 4. The number of nitrogens with zero attached hydrogens (tertiary/aromatic N) is 2. The maximum atomic E-state index is 11.6. The number of methoxy groups -OCH3 is 1. The van der Waals surface area contributed by atoms with Crippen LogP contribution in [0.15, 0.2) is 29.1 Å². The maximum Gasteiger partial charge on any atom is 0.358 e. The molecule has 7 nitrogen and oxygen atoms in total. The number of carbonyl (C=O) groups is 2. The fraction of sp³-hybridized carbons (Fsp3) is 0.231. The van der Waals surface area contributed by atoms with Crippen LogP contribution in [0.5, 0.6) is 0 Å². The zero-order chi connectivity index (χ0) is 14.5. The molecule has 0 radical (unpaired) electrons. The van der Waals surface area contributed by atoms with Gasteiger partial charge in [0.2, 0.25) is 0 Å². The van der Waals surface area contributed by atoms with Gasteiger partial charge in [-0.25, -0.2) is 14.6 Å². The first-order chi connectivity index (χ1) is 9.61. The SMILES string of the molecule is COC(=O)c1cc(COC(=O)c2cnccn2)oc1C. The van der Waals surface area contributed by atoms with E-state index in [1.807, 2.05) is 0 Å². The minimum atomic E-state index is -0.619. The Kier molecular flexibility index (Phi) is 4.09. The molecular weight excluding hydrogens is 264 g/mol. The van der Waals surface area contributed by atoms with Crippen LogP contribution in [0.3, 0.4) is 0 Å². The van der Waals surface area contributed by atoms with Crippen molar-refractivity contribution in [2.24, 2.45) is 0 Å². The molecule has 0 aliphatic carbocycles. The van der Waals surface area contributed by atoms with Gasteiger partial charge in [-0.3, -0.25) is 4.98 Å². The molecule has 2 rings (SSSR count). The van der Waals surface area contributed by atoms with Gasteiger partial charge in [-0.05, 0) is 13.0 Å². The summed E-state index contributed by atoms with van der Waals surface area (Å²) in [5.74, 6) is -0.368. The number of aryl methyl sites for hydroxylation is 1. The number of hydrogen-bond acceptors (Lipinski definition) is 7. The van der Waals surface area contributed by atoms with E-state index in [0.29, 0.717) is 17.1 Å². The monoisotopic (exact) mass is 276 g/mol.